The van der Waals surface area contributed by atoms with Gasteiger partial charge in [-0.3, -0.25) is 14.7 Å². The summed E-state index contributed by atoms with van der Waals surface area (Å²) in [6, 6.07) is 13.7. The highest BCUT2D eigenvalue weighted by atomic mass is 16.5. The molecule has 1 aromatic heterocycles. The lowest BCUT2D eigenvalue weighted by Gasteiger charge is -2.37. The van der Waals surface area contributed by atoms with Crippen LogP contribution >= 0.6 is 0 Å². The molecule has 1 saturated heterocycles. The van der Waals surface area contributed by atoms with Crippen LogP contribution in [0, 0.1) is 0 Å². The number of hydrogen-bond acceptors (Lipinski definition) is 4. The zero-order chi connectivity index (χ0) is 16.4. The van der Waals surface area contributed by atoms with Gasteiger partial charge in [0.1, 0.15) is 11.4 Å². The highest BCUT2D eigenvalue weighted by molar-refractivity contribution is 6.00. The number of nitrogens with zero attached hydrogens (tertiary/aromatic N) is 2. The summed E-state index contributed by atoms with van der Waals surface area (Å²) < 4.78 is 6.35. The molecule has 3 heterocycles. The van der Waals surface area contributed by atoms with Crippen molar-refractivity contribution in [2.45, 2.75) is 37.8 Å². The van der Waals surface area contributed by atoms with Gasteiger partial charge >= 0.3 is 0 Å². The van der Waals surface area contributed by atoms with Crippen molar-refractivity contribution < 1.29 is 9.53 Å². The van der Waals surface area contributed by atoms with E-state index in [0.29, 0.717) is 6.42 Å². The first-order valence-electron chi connectivity index (χ1n) is 8.68. The first-order chi connectivity index (χ1) is 11.7. The number of benzene rings is 1. The number of hydrogen-bond donors (Lipinski definition) is 0. The van der Waals surface area contributed by atoms with Gasteiger partial charge in [0.05, 0.1) is 17.7 Å². The predicted octanol–water partition coefficient (Wildman–Crippen LogP) is 3.47. The monoisotopic (exact) mass is 322 g/mol. The minimum absolute atomic E-state index is 0.218. The summed E-state index contributed by atoms with van der Waals surface area (Å²) in [5, 5.41) is 0. The van der Waals surface area contributed by atoms with Crippen LogP contribution in [0.2, 0.25) is 0 Å². The van der Waals surface area contributed by atoms with E-state index in [-0.39, 0.29) is 11.4 Å². The van der Waals surface area contributed by atoms with E-state index >= 15 is 0 Å². The number of aromatic nitrogens is 1. The Morgan fingerprint density at radius 3 is 2.83 bits per heavy atom. The van der Waals surface area contributed by atoms with E-state index in [0.717, 1.165) is 55.9 Å². The van der Waals surface area contributed by atoms with Gasteiger partial charge < -0.3 is 4.74 Å². The minimum atomic E-state index is -0.329. The Balaban J connectivity index is 1.48. The maximum Gasteiger partial charge on any atom is 0.170 e. The molecule has 0 amide bonds. The molecule has 0 radical (unpaired) electrons. The molecule has 1 fully saturated rings. The van der Waals surface area contributed by atoms with Crippen LogP contribution in [0.5, 0.6) is 5.75 Å². The van der Waals surface area contributed by atoms with Gasteiger partial charge in [-0.2, -0.15) is 0 Å². The van der Waals surface area contributed by atoms with Gasteiger partial charge in [0.25, 0.3) is 0 Å². The highest BCUT2D eigenvalue weighted by Gasteiger charge is 2.41. The molecule has 4 heteroatoms. The third kappa shape index (κ3) is 3.06. The second-order valence-corrected chi connectivity index (χ2v) is 6.83. The molecule has 4 rings (SSSR count). The molecule has 2 aliphatic heterocycles. The predicted molar refractivity (Wildman–Crippen MR) is 92.1 cm³/mol. The third-order valence-corrected chi connectivity index (χ3v) is 5.10. The van der Waals surface area contributed by atoms with Crippen molar-refractivity contribution >= 4 is 5.78 Å². The van der Waals surface area contributed by atoms with Crippen LogP contribution in [-0.2, 0) is 6.54 Å². The molecule has 0 bridgehead atoms. The van der Waals surface area contributed by atoms with Gasteiger partial charge in [-0.15, -0.1) is 0 Å². The normalized spacial score (nSPS) is 24.2. The summed E-state index contributed by atoms with van der Waals surface area (Å²) in [5.74, 6) is 0.974. The number of carbonyl (C=O) groups excluding carboxylic acids is 1. The second kappa shape index (κ2) is 6.36. The molecule has 2 aromatic rings. The lowest BCUT2D eigenvalue weighted by molar-refractivity contribution is 0.0298. The Morgan fingerprint density at radius 1 is 1.08 bits per heavy atom. The molecule has 1 atom stereocenters. The number of likely N-dealkylation sites (tertiary alicyclic amines) is 1. The SMILES string of the molecule is O=C1CC2(CCCN(Cc3ccccn3)CC2)Oc2ccccc21. The van der Waals surface area contributed by atoms with Gasteiger partial charge in [0.15, 0.2) is 5.78 Å². The number of ether oxygens (including phenoxy) is 1. The number of fused-ring (bicyclic) bond motifs is 1. The Morgan fingerprint density at radius 2 is 1.96 bits per heavy atom. The van der Waals surface area contributed by atoms with Crippen molar-refractivity contribution in [3.05, 3.63) is 59.9 Å². The van der Waals surface area contributed by atoms with Crippen molar-refractivity contribution in [2.24, 2.45) is 0 Å². The van der Waals surface area contributed by atoms with Crippen LogP contribution < -0.4 is 4.74 Å². The van der Waals surface area contributed by atoms with Crippen LogP contribution in [0.4, 0.5) is 0 Å². The van der Waals surface area contributed by atoms with Crippen molar-refractivity contribution in [2.75, 3.05) is 13.1 Å². The highest BCUT2D eigenvalue weighted by Crippen LogP contribution is 2.39. The number of ketones is 1. The Bertz CT molecular complexity index is 731. The van der Waals surface area contributed by atoms with Crippen LogP contribution in [0.3, 0.4) is 0 Å². The fourth-order valence-corrected chi connectivity index (χ4v) is 3.82. The molecule has 1 spiro atoms. The number of carbonyl (C=O) groups is 1. The van der Waals surface area contributed by atoms with E-state index < -0.39 is 0 Å². The maximum absolute atomic E-state index is 12.5. The number of pyridine rings is 1. The molecular formula is C20H22N2O2. The van der Waals surface area contributed by atoms with E-state index in [9.17, 15) is 4.79 Å². The Hall–Kier alpha value is -2.20. The van der Waals surface area contributed by atoms with Gasteiger partial charge in [-0.1, -0.05) is 18.2 Å². The fraction of sp³-hybridized carbons (Fsp3) is 0.400. The van der Waals surface area contributed by atoms with Gasteiger partial charge in [0.2, 0.25) is 0 Å². The minimum Gasteiger partial charge on any atom is -0.486 e. The first kappa shape index (κ1) is 15.3. The lowest BCUT2D eigenvalue weighted by Crippen LogP contribution is -2.42. The molecular weight excluding hydrogens is 300 g/mol. The van der Waals surface area contributed by atoms with Gasteiger partial charge in [-0.25, -0.2) is 0 Å². The smallest absolute Gasteiger partial charge is 0.170 e. The average Bonchev–Trinajstić information content (AvgIpc) is 2.78. The summed E-state index contributed by atoms with van der Waals surface area (Å²) in [7, 11) is 0. The lowest BCUT2D eigenvalue weighted by atomic mass is 9.84. The molecule has 4 nitrogen and oxygen atoms in total. The van der Waals surface area contributed by atoms with Crippen molar-refractivity contribution in [3.8, 4) is 5.75 Å². The van der Waals surface area contributed by atoms with Gasteiger partial charge in [-0.05, 0) is 43.7 Å². The summed E-state index contributed by atoms with van der Waals surface area (Å²) in [4.78, 5) is 19.4. The van der Waals surface area contributed by atoms with E-state index in [1.54, 1.807) is 0 Å². The number of para-hydroxylation sites is 1. The quantitative estimate of drug-likeness (QED) is 0.849. The van der Waals surface area contributed by atoms with E-state index in [4.69, 9.17) is 4.74 Å². The van der Waals surface area contributed by atoms with Crippen molar-refractivity contribution in [3.63, 3.8) is 0 Å². The molecule has 2 aliphatic rings. The number of rotatable bonds is 2. The van der Waals surface area contributed by atoms with E-state index in [1.165, 1.54) is 0 Å². The zero-order valence-electron chi connectivity index (χ0n) is 13.8. The molecule has 124 valence electrons. The largest absolute Gasteiger partial charge is 0.486 e. The fourth-order valence-electron chi connectivity index (χ4n) is 3.82. The van der Waals surface area contributed by atoms with Crippen LogP contribution in [0.15, 0.2) is 48.7 Å². The third-order valence-electron chi connectivity index (χ3n) is 5.10. The topological polar surface area (TPSA) is 42.4 Å². The van der Waals surface area contributed by atoms with E-state index in [1.807, 2.05) is 42.6 Å². The average molecular weight is 322 g/mol. The summed E-state index contributed by atoms with van der Waals surface area (Å²) in [6.07, 6.45) is 5.21. The number of Topliss-reactive ketones (excluding diaryl/α,β-unsaturated/α-hetero) is 1. The Kier molecular flexibility index (Phi) is 4.07. The zero-order valence-corrected chi connectivity index (χ0v) is 13.8. The summed E-state index contributed by atoms with van der Waals surface area (Å²) in [5.41, 5.74) is 1.50. The van der Waals surface area contributed by atoms with E-state index in [2.05, 4.69) is 16.0 Å². The Labute approximate surface area is 142 Å². The summed E-state index contributed by atoms with van der Waals surface area (Å²) in [6.45, 7) is 2.82. The molecule has 1 aromatic carbocycles. The van der Waals surface area contributed by atoms with Crippen LogP contribution in [0.1, 0.15) is 41.7 Å². The van der Waals surface area contributed by atoms with Gasteiger partial charge in [0, 0.05) is 25.7 Å². The second-order valence-electron chi connectivity index (χ2n) is 6.83. The summed E-state index contributed by atoms with van der Waals surface area (Å²) >= 11 is 0. The molecule has 1 unspecified atom stereocenters. The maximum atomic E-state index is 12.5. The standard InChI is InChI=1S/C20H22N2O2/c23-18-14-20(24-19-8-2-1-7-17(18)19)9-5-12-22(13-10-20)15-16-6-3-4-11-21-16/h1-4,6-8,11H,5,9-10,12-15H2. The molecule has 0 aliphatic carbocycles. The van der Waals surface area contributed by atoms with Crippen molar-refractivity contribution in [1.82, 2.24) is 9.88 Å². The van der Waals surface area contributed by atoms with Crippen LogP contribution in [-0.4, -0.2) is 34.4 Å². The van der Waals surface area contributed by atoms with Crippen LogP contribution in [0.25, 0.3) is 0 Å². The molecule has 24 heavy (non-hydrogen) atoms. The molecule has 0 N–H and O–H groups in total. The first-order valence-corrected chi connectivity index (χ1v) is 8.68. The molecule has 0 saturated carbocycles. The van der Waals surface area contributed by atoms with Crippen molar-refractivity contribution in [1.29, 1.82) is 0 Å².